The second-order valence-electron chi connectivity index (χ2n) is 8.09. The average Bonchev–Trinajstić information content (AvgIpc) is 2.77. The normalized spacial score (nSPS) is 18.5. The van der Waals surface area contributed by atoms with Gasteiger partial charge in [0.25, 0.3) is 5.91 Å². The molecule has 0 aliphatic carbocycles. The predicted molar refractivity (Wildman–Crippen MR) is 108 cm³/mol. The highest BCUT2D eigenvalue weighted by Gasteiger charge is 2.41. The highest BCUT2D eigenvalue weighted by molar-refractivity contribution is 5.94. The van der Waals surface area contributed by atoms with Crippen LogP contribution >= 0.6 is 0 Å². The molecule has 2 aliphatic heterocycles. The topological polar surface area (TPSA) is 77.3 Å². The molecule has 6 nitrogen and oxygen atoms in total. The summed E-state index contributed by atoms with van der Waals surface area (Å²) in [7, 11) is 0. The van der Waals surface area contributed by atoms with Crippen LogP contribution in [0.3, 0.4) is 0 Å². The third kappa shape index (κ3) is 4.14. The maximum absolute atomic E-state index is 12.8. The average molecular weight is 388 g/mol. The first-order valence-corrected chi connectivity index (χ1v) is 10.0. The van der Waals surface area contributed by atoms with Crippen molar-refractivity contribution in [3.05, 3.63) is 65.5 Å². The van der Waals surface area contributed by atoms with Crippen LogP contribution in [-0.2, 0) is 11.3 Å². The van der Waals surface area contributed by atoms with Crippen molar-refractivity contribution in [1.82, 2.24) is 14.8 Å². The molecule has 1 aromatic heterocycles. The van der Waals surface area contributed by atoms with Crippen molar-refractivity contribution >= 4 is 11.8 Å². The van der Waals surface area contributed by atoms with Gasteiger partial charge in [0.15, 0.2) is 0 Å². The minimum Gasteiger partial charge on any atom is -0.339 e. The van der Waals surface area contributed by atoms with E-state index in [1.165, 1.54) is 0 Å². The van der Waals surface area contributed by atoms with Crippen LogP contribution in [0.25, 0.3) is 0 Å². The lowest BCUT2D eigenvalue weighted by Crippen LogP contribution is -2.52. The molecular formula is C23H24N4O2. The molecule has 148 valence electrons. The summed E-state index contributed by atoms with van der Waals surface area (Å²) in [6, 6.07) is 12.8. The second kappa shape index (κ2) is 8.04. The molecule has 0 unspecified atom stereocenters. The number of pyridine rings is 1. The number of carbonyl (C=O) groups excluding carboxylic acids is 2. The van der Waals surface area contributed by atoms with Crippen molar-refractivity contribution < 1.29 is 9.59 Å². The SMILES string of the molecule is N#Cc1ccc(C(=O)N2CCC3(CCC(=O)N(Cc4ccncc4)C3)CC2)cc1. The molecule has 1 spiro atoms. The molecule has 2 aliphatic rings. The molecule has 2 amide bonds. The van der Waals surface area contributed by atoms with E-state index in [1.807, 2.05) is 21.9 Å². The lowest BCUT2D eigenvalue weighted by molar-refractivity contribution is -0.139. The van der Waals surface area contributed by atoms with Crippen LogP contribution in [0.15, 0.2) is 48.8 Å². The quantitative estimate of drug-likeness (QED) is 0.810. The van der Waals surface area contributed by atoms with Crippen molar-refractivity contribution in [3.63, 3.8) is 0 Å². The lowest BCUT2D eigenvalue weighted by Gasteiger charge is -2.47. The fourth-order valence-corrected chi connectivity index (χ4v) is 4.42. The summed E-state index contributed by atoms with van der Waals surface area (Å²) in [5.74, 6) is 0.230. The summed E-state index contributed by atoms with van der Waals surface area (Å²) in [6.07, 6.45) is 6.82. The zero-order valence-electron chi connectivity index (χ0n) is 16.4. The molecule has 6 heteroatoms. The van der Waals surface area contributed by atoms with Gasteiger partial charge in [-0.2, -0.15) is 5.26 Å². The maximum Gasteiger partial charge on any atom is 0.253 e. The van der Waals surface area contributed by atoms with Gasteiger partial charge < -0.3 is 9.80 Å². The number of amides is 2. The molecule has 29 heavy (non-hydrogen) atoms. The smallest absolute Gasteiger partial charge is 0.253 e. The van der Waals surface area contributed by atoms with E-state index >= 15 is 0 Å². The molecule has 2 aromatic rings. The Morgan fingerprint density at radius 3 is 2.41 bits per heavy atom. The van der Waals surface area contributed by atoms with Crippen LogP contribution in [0.4, 0.5) is 0 Å². The Morgan fingerprint density at radius 1 is 1.07 bits per heavy atom. The van der Waals surface area contributed by atoms with Gasteiger partial charge in [-0.3, -0.25) is 14.6 Å². The Labute approximate surface area is 170 Å². The van der Waals surface area contributed by atoms with Gasteiger partial charge in [-0.25, -0.2) is 0 Å². The number of carbonyl (C=O) groups is 2. The van der Waals surface area contributed by atoms with E-state index in [4.69, 9.17) is 5.26 Å². The first-order valence-electron chi connectivity index (χ1n) is 10.0. The molecular weight excluding hydrogens is 364 g/mol. The number of rotatable bonds is 3. The number of likely N-dealkylation sites (tertiary alicyclic amines) is 2. The minimum absolute atomic E-state index is 0.0184. The molecule has 2 saturated heterocycles. The zero-order chi connectivity index (χ0) is 20.3. The van der Waals surface area contributed by atoms with Gasteiger partial charge in [0.05, 0.1) is 11.6 Å². The molecule has 0 N–H and O–H groups in total. The van der Waals surface area contributed by atoms with E-state index in [2.05, 4.69) is 11.1 Å². The highest BCUT2D eigenvalue weighted by Crippen LogP contribution is 2.40. The number of nitriles is 1. The summed E-state index contributed by atoms with van der Waals surface area (Å²) < 4.78 is 0. The highest BCUT2D eigenvalue weighted by atomic mass is 16.2. The van der Waals surface area contributed by atoms with Crippen molar-refractivity contribution in [2.75, 3.05) is 19.6 Å². The van der Waals surface area contributed by atoms with Crippen LogP contribution in [-0.4, -0.2) is 46.2 Å². The van der Waals surface area contributed by atoms with Crippen LogP contribution in [0, 0.1) is 16.7 Å². The van der Waals surface area contributed by atoms with E-state index in [0.717, 1.165) is 31.4 Å². The third-order valence-electron chi connectivity index (χ3n) is 6.24. The van der Waals surface area contributed by atoms with Crippen molar-refractivity contribution in [3.8, 4) is 6.07 Å². The van der Waals surface area contributed by atoms with Crippen molar-refractivity contribution in [2.24, 2.45) is 5.41 Å². The summed E-state index contributed by atoms with van der Waals surface area (Å²) >= 11 is 0. The van der Waals surface area contributed by atoms with Gasteiger partial charge in [0.1, 0.15) is 0 Å². The van der Waals surface area contributed by atoms with Crippen LogP contribution < -0.4 is 0 Å². The Balaban J connectivity index is 1.39. The Bertz CT molecular complexity index is 926. The monoisotopic (exact) mass is 388 g/mol. The van der Waals surface area contributed by atoms with Gasteiger partial charge in [-0.05, 0) is 66.6 Å². The number of hydrogen-bond donors (Lipinski definition) is 0. The van der Waals surface area contributed by atoms with E-state index in [1.54, 1.807) is 36.7 Å². The van der Waals surface area contributed by atoms with Gasteiger partial charge in [-0.15, -0.1) is 0 Å². The van der Waals surface area contributed by atoms with Crippen LogP contribution in [0.5, 0.6) is 0 Å². The van der Waals surface area contributed by atoms with E-state index in [0.29, 0.717) is 37.2 Å². The first kappa shape index (κ1) is 19.1. The minimum atomic E-state index is 0.0184. The predicted octanol–water partition coefficient (Wildman–Crippen LogP) is 3.00. The molecule has 1 aromatic carbocycles. The fourth-order valence-electron chi connectivity index (χ4n) is 4.42. The van der Waals surface area contributed by atoms with Gasteiger partial charge in [0.2, 0.25) is 5.91 Å². The Kier molecular flexibility index (Phi) is 5.30. The van der Waals surface area contributed by atoms with Gasteiger partial charge >= 0.3 is 0 Å². The van der Waals surface area contributed by atoms with E-state index < -0.39 is 0 Å². The standard InChI is InChI=1S/C23H24N4O2/c24-15-18-1-3-20(4-2-18)22(29)26-13-9-23(10-14-26)8-5-21(28)27(17-23)16-19-6-11-25-12-7-19/h1-4,6-7,11-12H,5,8-10,13-14,16-17H2. The zero-order valence-corrected chi connectivity index (χ0v) is 16.4. The van der Waals surface area contributed by atoms with Crippen molar-refractivity contribution in [1.29, 1.82) is 5.26 Å². The van der Waals surface area contributed by atoms with E-state index in [-0.39, 0.29) is 17.2 Å². The molecule has 0 saturated carbocycles. The molecule has 4 rings (SSSR count). The Hall–Kier alpha value is -3.20. The molecule has 0 bridgehead atoms. The summed E-state index contributed by atoms with van der Waals surface area (Å²) in [4.78, 5) is 33.2. The summed E-state index contributed by atoms with van der Waals surface area (Å²) in [5, 5.41) is 8.91. The van der Waals surface area contributed by atoms with Crippen LogP contribution in [0.1, 0.15) is 47.2 Å². The molecule has 3 heterocycles. The number of benzene rings is 1. The number of nitrogens with zero attached hydrogens (tertiary/aromatic N) is 4. The third-order valence-corrected chi connectivity index (χ3v) is 6.24. The fraction of sp³-hybridized carbons (Fsp3) is 0.391. The number of piperidine rings is 2. The Morgan fingerprint density at radius 2 is 1.76 bits per heavy atom. The van der Waals surface area contributed by atoms with Gasteiger partial charge in [-0.1, -0.05) is 0 Å². The van der Waals surface area contributed by atoms with Crippen LogP contribution in [0.2, 0.25) is 0 Å². The summed E-state index contributed by atoms with van der Waals surface area (Å²) in [5.41, 5.74) is 2.37. The second-order valence-corrected chi connectivity index (χ2v) is 8.09. The summed E-state index contributed by atoms with van der Waals surface area (Å²) in [6.45, 7) is 2.79. The first-order chi connectivity index (χ1) is 14.1. The largest absolute Gasteiger partial charge is 0.339 e. The maximum atomic E-state index is 12.8. The van der Waals surface area contributed by atoms with E-state index in [9.17, 15) is 9.59 Å². The van der Waals surface area contributed by atoms with Gasteiger partial charge in [0, 0.05) is 50.6 Å². The number of hydrogen-bond acceptors (Lipinski definition) is 4. The molecule has 0 atom stereocenters. The van der Waals surface area contributed by atoms with Crippen molar-refractivity contribution in [2.45, 2.75) is 32.2 Å². The lowest BCUT2D eigenvalue weighted by atomic mass is 9.72. The molecule has 0 radical (unpaired) electrons. The molecule has 2 fully saturated rings. The number of aromatic nitrogens is 1.